The Morgan fingerprint density at radius 1 is 1.29 bits per heavy atom. The zero-order valence-electron chi connectivity index (χ0n) is 9.93. The Morgan fingerprint density at radius 3 is 2.82 bits per heavy atom. The van der Waals surface area contributed by atoms with Crippen LogP contribution in [0.4, 0.5) is 0 Å². The van der Waals surface area contributed by atoms with Gasteiger partial charge in [0.2, 0.25) is 5.89 Å². The lowest BCUT2D eigenvalue weighted by Crippen LogP contribution is -2.12. The Morgan fingerprint density at radius 2 is 2.12 bits per heavy atom. The molecule has 0 aliphatic carbocycles. The van der Waals surface area contributed by atoms with Crippen LogP contribution in [0.1, 0.15) is 18.4 Å². The molecule has 1 heterocycles. The average molecular weight is 249 g/mol. The Kier molecular flexibility index (Phi) is 4.17. The molecule has 1 aromatic carbocycles. The quantitative estimate of drug-likeness (QED) is 0.882. The van der Waals surface area contributed by atoms with E-state index in [-0.39, 0.29) is 0 Å². The summed E-state index contributed by atoms with van der Waals surface area (Å²) < 4.78 is 5.37. The van der Waals surface area contributed by atoms with E-state index in [1.807, 2.05) is 12.1 Å². The standard InChI is InChI=1S/C12H15N3OS/c1-3-13-8-10-6-4-5-7-11(10)17-12-15-14-9(2)16-12/h4-7,13H,3,8H2,1-2H3. The first-order valence-electron chi connectivity index (χ1n) is 5.56. The summed E-state index contributed by atoms with van der Waals surface area (Å²) in [6.45, 7) is 5.70. The fourth-order valence-corrected chi connectivity index (χ4v) is 2.27. The second kappa shape index (κ2) is 5.84. The summed E-state index contributed by atoms with van der Waals surface area (Å²) in [5.74, 6) is 0.594. The van der Waals surface area contributed by atoms with Crippen molar-refractivity contribution >= 4 is 11.8 Å². The molecule has 17 heavy (non-hydrogen) atoms. The summed E-state index contributed by atoms with van der Waals surface area (Å²) >= 11 is 1.51. The highest BCUT2D eigenvalue weighted by Gasteiger charge is 2.08. The van der Waals surface area contributed by atoms with Gasteiger partial charge in [-0.05, 0) is 29.9 Å². The van der Waals surface area contributed by atoms with Gasteiger partial charge in [-0.1, -0.05) is 25.1 Å². The molecule has 0 saturated heterocycles. The molecule has 0 bridgehead atoms. The molecule has 0 aliphatic heterocycles. The van der Waals surface area contributed by atoms with Crippen LogP contribution >= 0.6 is 11.8 Å². The van der Waals surface area contributed by atoms with Gasteiger partial charge in [-0.3, -0.25) is 0 Å². The van der Waals surface area contributed by atoms with Crippen LogP contribution in [0.5, 0.6) is 0 Å². The van der Waals surface area contributed by atoms with Crippen LogP contribution in [0.15, 0.2) is 38.8 Å². The molecular formula is C12H15N3OS. The zero-order chi connectivity index (χ0) is 12.1. The van der Waals surface area contributed by atoms with Crippen LogP contribution in [-0.4, -0.2) is 16.7 Å². The molecule has 1 N–H and O–H groups in total. The summed E-state index contributed by atoms with van der Waals surface area (Å²) in [7, 11) is 0. The van der Waals surface area contributed by atoms with Crippen molar-refractivity contribution in [3.05, 3.63) is 35.7 Å². The first-order valence-corrected chi connectivity index (χ1v) is 6.38. The van der Waals surface area contributed by atoms with Gasteiger partial charge in [0.05, 0.1) is 0 Å². The van der Waals surface area contributed by atoms with E-state index in [2.05, 4.69) is 34.6 Å². The maximum Gasteiger partial charge on any atom is 0.281 e. The largest absolute Gasteiger partial charge is 0.416 e. The molecule has 0 amide bonds. The minimum atomic E-state index is 0.589. The molecule has 2 rings (SSSR count). The number of hydrogen-bond acceptors (Lipinski definition) is 5. The van der Waals surface area contributed by atoms with E-state index in [1.54, 1.807) is 6.92 Å². The van der Waals surface area contributed by atoms with Crippen molar-refractivity contribution in [3.8, 4) is 0 Å². The third kappa shape index (κ3) is 3.31. The highest BCUT2D eigenvalue weighted by Crippen LogP contribution is 2.29. The highest BCUT2D eigenvalue weighted by molar-refractivity contribution is 7.99. The first kappa shape index (κ1) is 12.1. The molecule has 0 unspecified atom stereocenters. The topological polar surface area (TPSA) is 51.0 Å². The smallest absolute Gasteiger partial charge is 0.281 e. The molecule has 0 saturated carbocycles. The third-order valence-electron chi connectivity index (χ3n) is 2.24. The lowest BCUT2D eigenvalue weighted by atomic mass is 10.2. The second-order valence-electron chi connectivity index (χ2n) is 3.58. The number of benzene rings is 1. The van der Waals surface area contributed by atoms with Crippen molar-refractivity contribution in [3.63, 3.8) is 0 Å². The van der Waals surface area contributed by atoms with Gasteiger partial charge in [-0.15, -0.1) is 10.2 Å². The zero-order valence-corrected chi connectivity index (χ0v) is 10.8. The monoisotopic (exact) mass is 249 g/mol. The fourth-order valence-electron chi connectivity index (χ4n) is 1.42. The Labute approximate surface area is 105 Å². The van der Waals surface area contributed by atoms with Crippen molar-refractivity contribution in [1.82, 2.24) is 15.5 Å². The van der Waals surface area contributed by atoms with Gasteiger partial charge in [-0.25, -0.2) is 0 Å². The lowest BCUT2D eigenvalue weighted by Gasteiger charge is -2.06. The molecule has 0 spiro atoms. The molecule has 0 fully saturated rings. The van der Waals surface area contributed by atoms with Crippen molar-refractivity contribution in [1.29, 1.82) is 0 Å². The molecule has 0 atom stereocenters. The molecule has 5 heteroatoms. The van der Waals surface area contributed by atoms with Gasteiger partial charge in [0.15, 0.2) is 0 Å². The van der Waals surface area contributed by atoms with Gasteiger partial charge in [0.25, 0.3) is 5.22 Å². The van der Waals surface area contributed by atoms with E-state index in [1.165, 1.54) is 17.3 Å². The van der Waals surface area contributed by atoms with Crippen LogP contribution in [0.25, 0.3) is 0 Å². The molecular weight excluding hydrogens is 234 g/mol. The number of nitrogens with one attached hydrogen (secondary N) is 1. The number of aromatic nitrogens is 2. The summed E-state index contributed by atoms with van der Waals surface area (Å²) in [5, 5.41) is 11.7. The van der Waals surface area contributed by atoms with E-state index in [9.17, 15) is 0 Å². The maximum absolute atomic E-state index is 5.37. The van der Waals surface area contributed by atoms with Gasteiger partial charge in [0, 0.05) is 18.4 Å². The number of rotatable bonds is 5. The van der Waals surface area contributed by atoms with Gasteiger partial charge in [-0.2, -0.15) is 0 Å². The normalized spacial score (nSPS) is 10.7. The predicted molar refractivity (Wildman–Crippen MR) is 67.0 cm³/mol. The van der Waals surface area contributed by atoms with E-state index < -0.39 is 0 Å². The van der Waals surface area contributed by atoms with Gasteiger partial charge >= 0.3 is 0 Å². The van der Waals surface area contributed by atoms with Gasteiger partial charge < -0.3 is 9.73 Å². The average Bonchev–Trinajstić information content (AvgIpc) is 2.74. The second-order valence-corrected chi connectivity index (χ2v) is 4.57. The Balaban J connectivity index is 2.14. The SMILES string of the molecule is CCNCc1ccccc1Sc1nnc(C)o1. The van der Waals surface area contributed by atoms with Crippen molar-refractivity contribution in [2.75, 3.05) is 6.54 Å². The minimum Gasteiger partial charge on any atom is -0.416 e. The molecule has 2 aromatic rings. The van der Waals surface area contributed by atoms with Gasteiger partial charge in [0.1, 0.15) is 0 Å². The Bertz CT molecular complexity index is 484. The summed E-state index contributed by atoms with van der Waals surface area (Å²) in [6.07, 6.45) is 0. The third-order valence-corrected chi connectivity index (χ3v) is 3.20. The molecule has 0 radical (unpaired) electrons. The molecule has 4 nitrogen and oxygen atoms in total. The van der Waals surface area contributed by atoms with E-state index >= 15 is 0 Å². The predicted octanol–water partition coefficient (Wildman–Crippen LogP) is 2.64. The van der Waals surface area contributed by atoms with E-state index in [0.717, 1.165) is 18.0 Å². The minimum absolute atomic E-state index is 0.589. The fraction of sp³-hybridized carbons (Fsp3) is 0.333. The summed E-state index contributed by atoms with van der Waals surface area (Å²) in [6, 6.07) is 8.22. The Hall–Kier alpha value is -1.33. The van der Waals surface area contributed by atoms with Crippen molar-refractivity contribution in [2.24, 2.45) is 0 Å². The molecule has 90 valence electrons. The van der Waals surface area contributed by atoms with Crippen LogP contribution in [-0.2, 0) is 6.54 Å². The van der Waals surface area contributed by atoms with Crippen molar-refractivity contribution < 1.29 is 4.42 Å². The van der Waals surface area contributed by atoms with Crippen LogP contribution < -0.4 is 5.32 Å². The maximum atomic E-state index is 5.37. The number of aryl methyl sites for hydroxylation is 1. The van der Waals surface area contributed by atoms with E-state index in [0.29, 0.717) is 11.1 Å². The molecule has 0 aliphatic rings. The van der Waals surface area contributed by atoms with Crippen LogP contribution in [0.2, 0.25) is 0 Å². The van der Waals surface area contributed by atoms with Crippen molar-refractivity contribution in [2.45, 2.75) is 30.5 Å². The lowest BCUT2D eigenvalue weighted by molar-refractivity contribution is 0.429. The first-order chi connectivity index (χ1) is 8.29. The highest BCUT2D eigenvalue weighted by atomic mass is 32.2. The van der Waals surface area contributed by atoms with Crippen LogP contribution in [0, 0.1) is 6.92 Å². The number of nitrogens with zero attached hydrogens (tertiary/aromatic N) is 2. The summed E-state index contributed by atoms with van der Waals surface area (Å²) in [5.41, 5.74) is 1.25. The number of hydrogen-bond donors (Lipinski definition) is 1. The molecule has 1 aromatic heterocycles. The van der Waals surface area contributed by atoms with Crippen LogP contribution in [0.3, 0.4) is 0 Å². The van der Waals surface area contributed by atoms with E-state index in [4.69, 9.17) is 4.42 Å². The summed E-state index contributed by atoms with van der Waals surface area (Å²) in [4.78, 5) is 1.15.